The highest BCUT2D eigenvalue weighted by atomic mass is 16.5. The number of ether oxygens (including phenoxy) is 2. The number of hydrogen-bond donors (Lipinski definition) is 0. The first kappa shape index (κ1) is 16.7. The van der Waals surface area contributed by atoms with Gasteiger partial charge in [-0.25, -0.2) is 0 Å². The Morgan fingerprint density at radius 2 is 2.09 bits per heavy atom. The molecule has 22 heavy (non-hydrogen) atoms. The Labute approximate surface area is 134 Å². The molecule has 0 radical (unpaired) electrons. The van der Waals surface area contributed by atoms with Crippen molar-refractivity contribution in [3.05, 3.63) is 47.1 Å². The second kappa shape index (κ2) is 8.07. The maximum absolute atomic E-state index is 5.85. The second-order valence-corrected chi connectivity index (χ2v) is 6.40. The highest BCUT2D eigenvalue weighted by Gasteiger charge is 2.10. The van der Waals surface area contributed by atoms with Crippen LogP contribution in [0.3, 0.4) is 0 Å². The lowest BCUT2D eigenvalue weighted by Crippen LogP contribution is -2.08. The van der Waals surface area contributed by atoms with Gasteiger partial charge in [0.15, 0.2) is 0 Å². The van der Waals surface area contributed by atoms with E-state index >= 15 is 0 Å². The van der Waals surface area contributed by atoms with Crippen LogP contribution in [-0.4, -0.2) is 13.2 Å². The van der Waals surface area contributed by atoms with Crippen LogP contribution in [0.4, 0.5) is 0 Å². The van der Waals surface area contributed by atoms with E-state index in [0.29, 0.717) is 12.5 Å². The zero-order chi connectivity index (χ0) is 15.9. The molecule has 0 N–H and O–H groups in total. The van der Waals surface area contributed by atoms with E-state index in [1.165, 1.54) is 16.7 Å². The summed E-state index contributed by atoms with van der Waals surface area (Å²) in [4.78, 5) is 0. The van der Waals surface area contributed by atoms with Gasteiger partial charge in [-0.3, -0.25) is 0 Å². The first-order valence-corrected chi connectivity index (χ1v) is 8.25. The molecule has 2 rings (SSSR count). The average Bonchev–Trinajstić information content (AvgIpc) is 2.52. The van der Waals surface area contributed by atoms with Gasteiger partial charge in [0, 0.05) is 6.07 Å². The normalized spacial score (nSPS) is 15.5. The van der Waals surface area contributed by atoms with E-state index in [2.05, 4.69) is 45.9 Å². The van der Waals surface area contributed by atoms with Crippen LogP contribution in [0.5, 0.6) is 11.5 Å². The summed E-state index contributed by atoms with van der Waals surface area (Å²) < 4.78 is 11.5. The molecule has 0 fully saturated rings. The average molecular weight is 300 g/mol. The van der Waals surface area contributed by atoms with Crippen molar-refractivity contribution < 1.29 is 9.47 Å². The standard InChI is InChI=1S/C20H28O2/c1-15(2)7-8-16(3)17(4)11-13-21-19-10-9-18-6-5-12-22-20(18)14-19/h7,9-11,14,16H,5-6,8,12-13H2,1-4H3/b17-11+. The molecule has 0 amide bonds. The molecule has 0 aliphatic carbocycles. The number of benzene rings is 1. The van der Waals surface area contributed by atoms with Crippen molar-refractivity contribution in [2.45, 2.75) is 47.0 Å². The number of hydrogen-bond acceptors (Lipinski definition) is 2. The molecule has 0 spiro atoms. The van der Waals surface area contributed by atoms with Gasteiger partial charge in [-0.2, -0.15) is 0 Å². The van der Waals surface area contributed by atoms with Crippen LogP contribution in [0.1, 0.15) is 46.1 Å². The monoisotopic (exact) mass is 300 g/mol. The number of aryl methyl sites for hydroxylation is 1. The van der Waals surface area contributed by atoms with Gasteiger partial charge in [-0.05, 0) is 63.7 Å². The molecule has 1 aromatic carbocycles. The maximum atomic E-state index is 5.85. The summed E-state index contributed by atoms with van der Waals surface area (Å²) in [7, 11) is 0. The SMILES string of the molecule is CC(C)=CCC(C)/C(C)=C/COc1ccc2c(c1)OCCC2. The highest BCUT2D eigenvalue weighted by molar-refractivity contribution is 5.41. The Balaban J connectivity index is 1.87. The Bertz CT molecular complexity index is 551. The Kier molecular flexibility index (Phi) is 6.11. The van der Waals surface area contributed by atoms with E-state index in [-0.39, 0.29) is 0 Å². The van der Waals surface area contributed by atoms with Crippen LogP contribution < -0.4 is 9.47 Å². The fourth-order valence-electron chi connectivity index (χ4n) is 2.48. The molecule has 0 bridgehead atoms. The van der Waals surface area contributed by atoms with Crippen LogP contribution in [0, 0.1) is 5.92 Å². The number of fused-ring (bicyclic) bond motifs is 1. The van der Waals surface area contributed by atoms with Crippen molar-refractivity contribution >= 4 is 0 Å². The minimum Gasteiger partial charge on any atom is -0.493 e. The van der Waals surface area contributed by atoms with Gasteiger partial charge in [0.05, 0.1) is 6.61 Å². The topological polar surface area (TPSA) is 18.5 Å². The predicted octanol–water partition coefficient (Wildman–Crippen LogP) is 5.33. The van der Waals surface area contributed by atoms with Gasteiger partial charge in [0.1, 0.15) is 18.1 Å². The van der Waals surface area contributed by atoms with Gasteiger partial charge >= 0.3 is 0 Å². The molecule has 2 heteroatoms. The first-order valence-electron chi connectivity index (χ1n) is 8.25. The molecule has 1 heterocycles. The molecular weight excluding hydrogens is 272 g/mol. The summed E-state index contributed by atoms with van der Waals surface area (Å²) in [5.41, 5.74) is 4.05. The van der Waals surface area contributed by atoms with Crippen LogP contribution >= 0.6 is 0 Å². The molecule has 0 saturated heterocycles. The van der Waals surface area contributed by atoms with Gasteiger partial charge in [0.25, 0.3) is 0 Å². The largest absolute Gasteiger partial charge is 0.493 e. The molecule has 120 valence electrons. The summed E-state index contributed by atoms with van der Waals surface area (Å²) in [6, 6.07) is 6.19. The molecular formula is C20H28O2. The molecule has 1 aliphatic rings. The summed E-state index contributed by atoms with van der Waals surface area (Å²) in [5.74, 6) is 2.44. The van der Waals surface area contributed by atoms with Crippen molar-refractivity contribution in [1.29, 1.82) is 0 Å². The highest BCUT2D eigenvalue weighted by Crippen LogP contribution is 2.29. The lowest BCUT2D eigenvalue weighted by atomic mass is 9.98. The predicted molar refractivity (Wildman–Crippen MR) is 92.7 cm³/mol. The third kappa shape index (κ3) is 4.94. The third-order valence-electron chi connectivity index (χ3n) is 4.20. The van der Waals surface area contributed by atoms with Gasteiger partial charge < -0.3 is 9.47 Å². The first-order chi connectivity index (χ1) is 10.6. The fourth-order valence-corrected chi connectivity index (χ4v) is 2.48. The summed E-state index contributed by atoms with van der Waals surface area (Å²) in [5, 5.41) is 0. The van der Waals surface area contributed by atoms with Crippen molar-refractivity contribution in [2.24, 2.45) is 5.92 Å². The van der Waals surface area contributed by atoms with Crippen LogP contribution in [0.15, 0.2) is 41.5 Å². The van der Waals surface area contributed by atoms with E-state index in [9.17, 15) is 0 Å². The van der Waals surface area contributed by atoms with E-state index in [4.69, 9.17) is 9.47 Å². The lowest BCUT2D eigenvalue weighted by molar-refractivity contribution is 0.284. The lowest BCUT2D eigenvalue weighted by Gasteiger charge is -2.18. The van der Waals surface area contributed by atoms with Crippen molar-refractivity contribution in [3.8, 4) is 11.5 Å². The van der Waals surface area contributed by atoms with Gasteiger partial charge in [-0.1, -0.05) is 30.2 Å². The Morgan fingerprint density at radius 3 is 2.86 bits per heavy atom. The van der Waals surface area contributed by atoms with Gasteiger partial charge in [-0.15, -0.1) is 0 Å². The maximum Gasteiger partial charge on any atom is 0.126 e. The minimum absolute atomic E-state index is 0.561. The molecule has 2 nitrogen and oxygen atoms in total. The Hall–Kier alpha value is -1.70. The third-order valence-corrected chi connectivity index (χ3v) is 4.20. The van der Waals surface area contributed by atoms with E-state index in [0.717, 1.165) is 37.4 Å². The fraction of sp³-hybridized carbons (Fsp3) is 0.500. The second-order valence-electron chi connectivity index (χ2n) is 6.40. The number of rotatable bonds is 6. The zero-order valence-electron chi connectivity index (χ0n) is 14.3. The number of allylic oxidation sites excluding steroid dienone is 3. The minimum atomic E-state index is 0.561. The zero-order valence-corrected chi connectivity index (χ0v) is 14.3. The molecule has 1 aliphatic heterocycles. The van der Waals surface area contributed by atoms with Crippen molar-refractivity contribution in [1.82, 2.24) is 0 Å². The molecule has 1 aromatic rings. The molecule has 1 atom stereocenters. The quantitative estimate of drug-likeness (QED) is 0.661. The summed E-state index contributed by atoms with van der Waals surface area (Å²) in [6.45, 7) is 10.2. The van der Waals surface area contributed by atoms with Crippen LogP contribution in [0.25, 0.3) is 0 Å². The van der Waals surface area contributed by atoms with Crippen LogP contribution in [0.2, 0.25) is 0 Å². The van der Waals surface area contributed by atoms with E-state index < -0.39 is 0 Å². The molecule has 0 aromatic heterocycles. The van der Waals surface area contributed by atoms with E-state index in [1.54, 1.807) is 0 Å². The van der Waals surface area contributed by atoms with Crippen molar-refractivity contribution in [2.75, 3.05) is 13.2 Å². The van der Waals surface area contributed by atoms with Crippen LogP contribution in [-0.2, 0) is 6.42 Å². The smallest absolute Gasteiger partial charge is 0.126 e. The van der Waals surface area contributed by atoms with Gasteiger partial charge in [0.2, 0.25) is 0 Å². The summed E-state index contributed by atoms with van der Waals surface area (Å²) in [6.07, 6.45) is 7.79. The summed E-state index contributed by atoms with van der Waals surface area (Å²) >= 11 is 0. The Morgan fingerprint density at radius 1 is 1.27 bits per heavy atom. The van der Waals surface area contributed by atoms with E-state index in [1.807, 2.05) is 12.1 Å². The molecule has 1 unspecified atom stereocenters. The van der Waals surface area contributed by atoms with Crippen molar-refractivity contribution in [3.63, 3.8) is 0 Å². The molecule has 0 saturated carbocycles.